The molecule has 10 aromatic rings. The van der Waals surface area contributed by atoms with Crippen molar-refractivity contribution in [2.24, 2.45) is 0 Å². The summed E-state index contributed by atoms with van der Waals surface area (Å²) in [5, 5.41) is 4.95. The molecule has 3 heteroatoms. The van der Waals surface area contributed by atoms with Gasteiger partial charge in [0.1, 0.15) is 11.2 Å². The van der Waals surface area contributed by atoms with Crippen LogP contribution < -0.4 is 4.90 Å². The lowest BCUT2D eigenvalue weighted by molar-refractivity contribution is 0.666. The van der Waals surface area contributed by atoms with Crippen LogP contribution in [0.5, 0.6) is 0 Å². The summed E-state index contributed by atoms with van der Waals surface area (Å²) in [5.41, 5.74) is 13.8. The van der Waals surface area contributed by atoms with Crippen LogP contribution in [0.15, 0.2) is 186 Å². The van der Waals surface area contributed by atoms with Crippen LogP contribution in [0.3, 0.4) is 0 Å². The second-order valence-corrected chi connectivity index (χ2v) is 15.3. The number of hydrogen-bond donors (Lipinski definition) is 0. The normalized spacial score (nSPS) is 13.2. The minimum Gasteiger partial charge on any atom is -0.456 e. The zero-order chi connectivity index (χ0) is 35.1. The highest BCUT2D eigenvalue weighted by molar-refractivity contribution is 7.25. The fourth-order valence-electron chi connectivity index (χ4n) is 8.85. The first-order valence-corrected chi connectivity index (χ1v) is 19.0. The Morgan fingerprint density at radius 2 is 1.04 bits per heavy atom. The van der Waals surface area contributed by atoms with Gasteiger partial charge in [0, 0.05) is 53.4 Å². The third-order valence-corrected chi connectivity index (χ3v) is 12.5. The first-order chi connectivity index (χ1) is 26.1. The van der Waals surface area contributed by atoms with Gasteiger partial charge in [0.2, 0.25) is 0 Å². The molecule has 1 aliphatic rings. The van der Waals surface area contributed by atoms with E-state index in [0.717, 1.165) is 44.7 Å². The predicted octanol–water partition coefficient (Wildman–Crippen LogP) is 14.4. The Balaban J connectivity index is 0.993. The van der Waals surface area contributed by atoms with E-state index in [0.29, 0.717) is 0 Å². The number of para-hydroxylation sites is 1. The minimum atomic E-state index is -0.301. The molecule has 8 aromatic carbocycles. The molecule has 1 aliphatic carbocycles. The molecular formula is C50H33NOS. The number of rotatable bonds is 5. The van der Waals surface area contributed by atoms with E-state index in [1.54, 1.807) is 0 Å². The number of nitrogens with zero attached hydrogens (tertiary/aromatic N) is 1. The number of hydrogen-bond acceptors (Lipinski definition) is 3. The van der Waals surface area contributed by atoms with E-state index in [1.165, 1.54) is 53.4 Å². The largest absolute Gasteiger partial charge is 0.456 e. The lowest BCUT2D eigenvalue weighted by Gasteiger charge is -2.29. The molecule has 0 saturated heterocycles. The Hall–Kier alpha value is -6.42. The predicted molar refractivity (Wildman–Crippen MR) is 224 cm³/mol. The van der Waals surface area contributed by atoms with Gasteiger partial charge in [-0.3, -0.25) is 0 Å². The maximum Gasteiger partial charge on any atom is 0.136 e. The molecular weight excluding hydrogens is 663 g/mol. The van der Waals surface area contributed by atoms with Crippen molar-refractivity contribution in [3.05, 3.63) is 199 Å². The van der Waals surface area contributed by atoms with E-state index in [4.69, 9.17) is 4.42 Å². The van der Waals surface area contributed by atoms with Gasteiger partial charge >= 0.3 is 0 Å². The minimum absolute atomic E-state index is 0.301. The fraction of sp³-hybridized carbons (Fsp3) is 0.0400. The Morgan fingerprint density at radius 1 is 0.434 bits per heavy atom. The summed E-state index contributed by atoms with van der Waals surface area (Å²) in [6, 6.07) is 66.0. The van der Waals surface area contributed by atoms with Gasteiger partial charge in [0.05, 0.1) is 0 Å². The van der Waals surface area contributed by atoms with Crippen molar-refractivity contribution in [3.8, 4) is 22.3 Å². The summed E-state index contributed by atoms with van der Waals surface area (Å²) >= 11 is 1.85. The average molecular weight is 696 g/mol. The van der Waals surface area contributed by atoms with Crippen LogP contribution in [0.4, 0.5) is 17.1 Å². The van der Waals surface area contributed by atoms with E-state index in [9.17, 15) is 0 Å². The Bertz CT molecular complexity index is 2980. The van der Waals surface area contributed by atoms with Crippen LogP contribution in [0.2, 0.25) is 0 Å². The van der Waals surface area contributed by atoms with Crippen LogP contribution in [0.25, 0.3) is 64.4 Å². The molecule has 0 radical (unpaired) electrons. The fourth-order valence-corrected chi connectivity index (χ4v) is 9.99. The van der Waals surface area contributed by atoms with Gasteiger partial charge in [-0.1, -0.05) is 121 Å². The Morgan fingerprint density at radius 3 is 1.83 bits per heavy atom. The molecule has 0 aliphatic heterocycles. The number of fused-ring (bicyclic) bond motifs is 9. The molecule has 250 valence electrons. The number of thiophene rings is 1. The summed E-state index contributed by atoms with van der Waals surface area (Å²) in [6.07, 6.45) is 0. The molecule has 0 atom stereocenters. The Labute approximate surface area is 311 Å². The summed E-state index contributed by atoms with van der Waals surface area (Å²) in [6.45, 7) is 2.38. The zero-order valence-corrected chi connectivity index (χ0v) is 29.9. The molecule has 0 fully saturated rings. The zero-order valence-electron chi connectivity index (χ0n) is 29.1. The molecule has 0 saturated carbocycles. The van der Waals surface area contributed by atoms with Crippen molar-refractivity contribution in [1.82, 2.24) is 0 Å². The average Bonchev–Trinajstić information content (AvgIpc) is 3.87. The monoisotopic (exact) mass is 695 g/mol. The topological polar surface area (TPSA) is 16.4 Å². The van der Waals surface area contributed by atoms with E-state index >= 15 is 0 Å². The highest BCUT2D eigenvalue weighted by Crippen LogP contribution is 2.54. The summed E-state index contributed by atoms with van der Waals surface area (Å²) in [4.78, 5) is 2.34. The standard InChI is InChI=1S/C50H33NOS/c1-50(42-17-8-5-14-37(42)38-15-6-9-18-43(38)50)44-19-11-20-45-49(44)41-28-24-33(30-46(41)52-45)32-22-25-35(26-23-32)51(34-12-3-2-4-13-34)36-27-29-40-39-16-7-10-21-47(39)53-48(40)31-36/h2-31H,1H3. The smallest absolute Gasteiger partial charge is 0.136 e. The molecule has 2 heterocycles. The van der Waals surface area contributed by atoms with E-state index < -0.39 is 0 Å². The van der Waals surface area contributed by atoms with Crippen LogP contribution in [-0.4, -0.2) is 0 Å². The number of benzene rings is 8. The van der Waals surface area contributed by atoms with Crippen molar-refractivity contribution >= 4 is 70.5 Å². The van der Waals surface area contributed by atoms with Crippen LogP contribution in [-0.2, 0) is 5.41 Å². The molecule has 0 amide bonds. The second kappa shape index (κ2) is 11.5. The maximum atomic E-state index is 6.66. The van der Waals surface area contributed by atoms with Gasteiger partial charge in [0.25, 0.3) is 0 Å². The first kappa shape index (κ1) is 30.2. The van der Waals surface area contributed by atoms with Gasteiger partial charge in [-0.25, -0.2) is 0 Å². The van der Waals surface area contributed by atoms with Crippen LogP contribution >= 0.6 is 11.3 Å². The maximum absolute atomic E-state index is 6.66. The van der Waals surface area contributed by atoms with Crippen molar-refractivity contribution < 1.29 is 4.42 Å². The molecule has 0 N–H and O–H groups in total. The lowest BCUT2D eigenvalue weighted by atomic mass is 9.73. The van der Waals surface area contributed by atoms with E-state index in [1.807, 2.05) is 11.3 Å². The van der Waals surface area contributed by atoms with Crippen LogP contribution in [0, 0.1) is 0 Å². The number of anilines is 3. The van der Waals surface area contributed by atoms with Gasteiger partial charge in [-0.2, -0.15) is 0 Å². The van der Waals surface area contributed by atoms with Gasteiger partial charge in [-0.15, -0.1) is 11.3 Å². The molecule has 0 unspecified atom stereocenters. The molecule has 2 nitrogen and oxygen atoms in total. The summed E-state index contributed by atoms with van der Waals surface area (Å²) in [7, 11) is 0. The highest BCUT2D eigenvalue weighted by Gasteiger charge is 2.41. The van der Waals surface area contributed by atoms with Crippen molar-refractivity contribution in [1.29, 1.82) is 0 Å². The Kier molecular flexibility index (Phi) is 6.58. The third-order valence-electron chi connectivity index (χ3n) is 11.4. The molecule has 0 spiro atoms. The number of furan rings is 1. The molecule has 11 rings (SSSR count). The van der Waals surface area contributed by atoms with Crippen molar-refractivity contribution in [3.63, 3.8) is 0 Å². The summed E-state index contributed by atoms with van der Waals surface area (Å²) in [5.74, 6) is 0. The second-order valence-electron chi connectivity index (χ2n) is 14.2. The lowest BCUT2D eigenvalue weighted by Crippen LogP contribution is -2.22. The molecule has 53 heavy (non-hydrogen) atoms. The van der Waals surface area contributed by atoms with E-state index in [-0.39, 0.29) is 5.41 Å². The highest BCUT2D eigenvalue weighted by atomic mass is 32.1. The molecule has 0 bridgehead atoms. The third kappa shape index (κ3) is 4.51. The quantitative estimate of drug-likeness (QED) is 0.178. The van der Waals surface area contributed by atoms with Crippen molar-refractivity contribution in [2.75, 3.05) is 4.90 Å². The van der Waals surface area contributed by atoms with Gasteiger partial charge in [0.15, 0.2) is 0 Å². The van der Waals surface area contributed by atoms with Crippen LogP contribution in [0.1, 0.15) is 23.6 Å². The summed E-state index contributed by atoms with van der Waals surface area (Å²) < 4.78 is 9.27. The van der Waals surface area contributed by atoms with E-state index in [2.05, 4.69) is 194 Å². The SMILES string of the molecule is CC1(c2cccc3oc4cc(-c5ccc(N(c6ccccc6)c6ccc7c(c6)sc6ccccc67)cc5)ccc4c23)c2ccccc2-c2ccccc21. The van der Waals surface area contributed by atoms with Gasteiger partial charge < -0.3 is 9.32 Å². The van der Waals surface area contributed by atoms with Crippen molar-refractivity contribution in [2.45, 2.75) is 12.3 Å². The van der Waals surface area contributed by atoms with Gasteiger partial charge in [-0.05, 0) is 107 Å². The first-order valence-electron chi connectivity index (χ1n) is 18.2. The molecule has 2 aromatic heterocycles.